The lowest BCUT2D eigenvalue weighted by molar-refractivity contribution is -0.144. The molecule has 0 spiro atoms. The van der Waals surface area contributed by atoms with Crippen LogP contribution in [0.4, 0.5) is 0 Å². The standard InChI is InChI=1S/C16H28N4O6/c1-8(2)12(17)15(25)19-13(9(3)21)16(26)20-6-4-5-10(20)14(24)18-7-11(22)23/h8-10,12-13,21H,4-7,17H2,1-3H3,(H,18,24)(H,19,25)(H,22,23). The Labute approximate surface area is 152 Å². The van der Waals surface area contributed by atoms with Crippen molar-refractivity contribution in [2.75, 3.05) is 13.1 Å². The first-order valence-corrected chi connectivity index (χ1v) is 8.60. The second-order valence-electron chi connectivity index (χ2n) is 6.80. The number of nitrogens with one attached hydrogen (secondary N) is 2. The fourth-order valence-corrected chi connectivity index (χ4v) is 2.70. The molecule has 0 aromatic heterocycles. The van der Waals surface area contributed by atoms with Crippen LogP contribution in [-0.2, 0) is 19.2 Å². The van der Waals surface area contributed by atoms with Gasteiger partial charge in [-0.25, -0.2) is 0 Å². The molecule has 1 heterocycles. The van der Waals surface area contributed by atoms with Crippen LogP contribution in [0.25, 0.3) is 0 Å². The Kier molecular flexibility index (Phi) is 7.97. The van der Waals surface area contributed by atoms with E-state index in [2.05, 4.69) is 10.6 Å². The third-order valence-corrected chi connectivity index (χ3v) is 4.32. The molecule has 1 saturated heterocycles. The largest absolute Gasteiger partial charge is 0.480 e. The first kappa shape index (κ1) is 21.8. The monoisotopic (exact) mass is 372 g/mol. The van der Waals surface area contributed by atoms with Crippen LogP contribution in [-0.4, -0.2) is 76.1 Å². The summed E-state index contributed by atoms with van der Waals surface area (Å²) in [6.45, 7) is 4.61. The van der Waals surface area contributed by atoms with E-state index in [1.807, 2.05) is 0 Å². The number of carbonyl (C=O) groups excluding carboxylic acids is 3. The van der Waals surface area contributed by atoms with Crippen LogP contribution < -0.4 is 16.4 Å². The average Bonchev–Trinajstić information content (AvgIpc) is 3.05. The van der Waals surface area contributed by atoms with Crippen molar-refractivity contribution in [2.24, 2.45) is 11.7 Å². The molecule has 0 aromatic carbocycles. The van der Waals surface area contributed by atoms with Crippen molar-refractivity contribution in [2.45, 2.75) is 57.8 Å². The summed E-state index contributed by atoms with van der Waals surface area (Å²) in [5.74, 6) is -3.08. The first-order chi connectivity index (χ1) is 12.1. The molecule has 4 unspecified atom stereocenters. The van der Waals surface area contributed by atoms with E-state index in [4.69, 9.17) is 10.8 Å². The summed E-state index contributed by atoms with van der Waals surface area (Å²) in [5.41, 5.74) is 5.77. The molecule has 1 aliphatic heterocycles. The topological polar surface area (TPSA) is 162 Å². The number of carboxylic acid groups (broad SMARTS) is 1. The van der Waals surface area contributed by atoms with Crippen molar-refractivity contribution in [3.05, 3.63) is 0 Å². The molecule has 10 nitrogen and oxygen atoms in total. The van der Waals surface area contributed by atoms with Gasteiger partial charge in [-0.05, 0) is 25.7 Å². The summed E-state index contributed by atoms with van der Waals surface area (Å²) in [6, 6.07) is -2.91. The summed E-state index contributed by atoms with van der Waals surface area (Å²) < 4.78 is 0. The minimum Gasteiger partial charge on any atom is -0.480 e. The van der Waals surface area contributed by atoms with Crippen LogP contribution in [0.2, 0.25) is 0 Å². The minimum atomic E-state index is -1.24. The number of likely N-dealkylation sites (tertiary alicyclic amines) is 1. The predicted octanol–water partition coefficient (Wildman–Crippen LogP) is -1.97. The van der Waals surface area contributed by atoms with Gasteiger partial charge in [-0.1, -0.05) is 13.8 Å². The molecule has 10 heteroatoms. The molecule has 0 aromatic rings. The highest BCUT2D eigenvalue weighted by molar-refractivity contribution is 5.94. The zero-order chi connectivity index (χ0) is 20.0. The van der Waals surface area contributed by atoms with Crippen molar-refractivity contribution in [3.8, 4) is 0 Å². The molecule has 6 N–H and O–H groups in total. The molecule has 148 valence electrons. The molecular formula is C16H28N4O6. The van der Waals surface area contributed by atoms with Gasteiger partial charge in [0.05, 0.1) is 12.1 Å². The highest BCUT2D eigenvalue weighted by atomic mass is 16.4. The lowest BCUT2D eigenvalue weighted by Crippen LogP contribution is -2.59. The van der Waals surface area contributed by atoms with E-state index in [0.717, 1.165) is 0 Å². The lowest BCUT2D eigenvalue weighted by atomic mass is 10.0. The third kappa shape index (κ3) is 5.67. The van der Waals surface area contributed by atoms with Gasteiger partial charge in [0.1, 0.15) is 18.6 Å². The normalized spacial score (nSPS) is 20.4. The van der Waals surface area contributed by atoms with Gasteiger partial charge in [-0.2, -0.15) is 0 Å². The van der Waals surface area contributed by atoms with Crippen molar-refractivity contribution < 1.29 is 29.4 Å². The number of nitrogens with two attached hydrogens (primary N) is 1. The fraction of sp³-hybridized carbons (Fsp3) is 0.750. The second-order valence-corrected chi connectivity index (χ2v) is 6.80. The molecule has 4 atom stereocenters. The molecule has 0 aliphatic carbocycles. The zero-order valence-corrected chi connectivity index (χ0v) is 15.3. The van der Waals surface area contributed by atoms with Gasteiger partial charge >= 0.3 is 5.97 Å². The third-order valence-electron chi connectivity index (χ3n) is 4.32. The molecule has 1 fully saturated rings. The number of aliphatic carboxylic acids is 1. The molecule has 26 heavy (non-hydrogen) atoms. The number of aliphatic hydroxyl groups is 1. The van der Waals surface area contributed by atoms with Gasteiger partial charge < -0.3 is 31.5 Å². The van der Waals surface area contributed by atoms with E-state index in [9.17, 15) is 24.3 Å². The molecule has 0 bridgehead atoms. The SMILES string of the molecule is CC(C)C(N)C(=O)NC(C(=O)N1CCCC1C(=O)NCC(=O)O)C(C)O. The van der Waals surface area contributed by atoms with E-state index in [-0.39, 0.29) is 12.5 Å². The Morgan fingerprint density at radius 2 is 1.85 bits per heavy atom. The molecule has 1 aliphatic rings. The van der Waals surface area contributed by atoms with Gasteiger partial charge in [0, 0.05) is 6.54 Å². The predicted molar refractivity (Wildman–Crippen MR) is 91.8 cm³/mol. The van der Waals surface area contributed by atoms with E-state index in [1.54, 1.807) is 13.8 Å². The number of carbonyl (C=O) groups is 4. The molecule has 1 rings (SSSR count). The van der Waals surface area contributed by atoms with Crippen LogP contribution in [0.1, 0.15) is 33.6 Å². The van der Waals surface area contributed by atoms with Crippen LogP contribution in [0, 0.1) is 5.92 Å². The quantitative estimate of drug-likeness (QED) is 0.330. The van der Waals surface area contributed by atoms with Gasteiger partial charge in [-0.3, -0.25) is 19.2 Å². The van der Waals surface area contributed by atoms with Crippen molar-refractivity contribution in [1.29, 1.82) is 0 Å². The first-order valence-electron chi connectivity index (χ1n) is 8.60. The van der Waals surface area contributed by atoms with E-state index >= 15 is 0 Å². The van der Waals surface area contributed by atoms with Gasteiger partial charge in [0.15, 0.2) is 0 Å². The Bertz CT molecular complexity index is 551. The molecule has 3 amide bonds. The number of aliphatic hydroxyl groups excluding tert-OH is 1. The van der Waals surface area contributed by atoms with E-state index in [1.165, 1.54) is 11.8 Å². The number of hydrogen-bond donors (Lipinski definition) is 5. The maximum atomic E-state index is 12.8. The number of rotatable bonds is 8. The number of amides is 3. The fourth-order valence-electron chi connectivity index (χ4n) is 2.70. The Hall–Kier alpha value is -2.20. The number of hydrogen-bond acceptors (Lipinski definition) is 6. The van der Waals surface area contributed by atoms with E-state index < -0.39 is 54.5 Å². The minimum absolute atomic E-state index is 0.152. The summed E-state index contributed by atoms with van der Waals surface area (Å²) >= 11 is 0. The van der Waals surface area contributed by atoms with Crippen molar-refractivity contribution in [3.63, 3.8) is 0 Å². The Morgan fingerprint density at radius 3 is 2.35 bits per heavy atom. The van der Waals surface area contributed by atoms with Gasteiger partial charge in [0.25, 0.3) is 0 Å². The van der Waals surface area contributed by atoms with Crippen LogP contribution >= 0.6 is 0 Å². The zero-order valence-electron chi connectivity index (χ0n) is 15.3. The smallest absolute Gasteiger partial charge is 0.322 e. The summed E-state index contributed by atoms with van der Waals surface area (Å²) in [6.07, 6.45) is -0.249. The number of nitrogens with zero attached hydrogens (tertiary/aromatic N) is 1. The second kappa shape index (κ2) is 9.48. The van der Waals surface area contributed by atoms with Gasteiger partial charge in [-0.15, -0.1) is 0 Å². The highest BCUT2D eigenvalue weighted by Gasteiger charge is 2.39. The summed E-state index contributed by atoms with van der Waals surface area (Å²) in [7, 11) is 0. The highest BCUT2D eigenvalue weighted by Crippen LogP contribution is 2.19. The van der Waals surface area contributed by atoms with Crippen molar-refractivity contribution >= 4 is 23.7 Å². The number of carboxylic acids is 1. The lowest BCUT2D eigenvalue weighted by Gasteiger charge is -2.30. The summed E-state index contributed by atoms with van der Waals surface area (Å²) in [5, 5.41) is 23.3. The van der Waals surface area contributed by atoms with Crippen LogP contribution in [0.15, 0.2) is 0 Å². The van der Waals surface area contributed by atoms with Crippen molar-refractivity contribution in [1.82, 2.24) is 15.5 Å². The Balaban J connectivity index is 2.85. The summed E-state index contributed by atoms with van der Waals surface area (Å²) in [4.78, 5) is 48.9. The average molecular weight is 372 g/mol. The van der Waals surface area contributed by atoms with E-state index in [0.29, 0.717) is 12.8 Å². The molecular weight excluding hydrogens is 344 g/mol. The van der Waals surface area contributed by atoms with Gasteiger partial charge in [0.2, 0.25) is 17.7 Å². The molecule has 0 radical (unpaired) electrons. The van der Waals surface area contributed by atoms with Crippen LogP contribution in [0.5, 0.6) is 0 Å². The Morgan fingerprint density at radius 1 is 1.23 bits per heavy atom. The maximum Gasteiger partial charge on any atom is 0.322 e. The van der Waals surface area contributed by atoms with Crippen LogP contribution in [0.3, 0.4) is 0 Å². The maximum absolute atomic E-state index is 12.8. The molecule has 0 saturated carbocycles.